The molecule has 2 N–H and O–H groups in total. The maximum atomic E-state index is 13.0. The van der Waals surface area contributed by atoms with Gasteiger partial charge in [0, 0.05) is 24.6 Å². The van der Waals surface area contributed by atoms with Gasteiger partial charge in [0.2, 0.25) is 0 Å². The zero-order valence-electron chi connectivity index (χ0n) is 10.9. The van der Waals surface area contributed by atoms with Crippen LogP contribution in [0, 0.1) is 0 Å². The number of pyridine rings is 1. The molecule has 0 amide bonds. The highest BCUT2D eigenvalue weighted by atomic mass is 19.4. The summed E-state index contributed by atoms with van der Waals surface area (Å²) in [7, 11) is 1.59. The van der Waals surface area contributed by atoms with Gasteiger partial charge in [0.25, 0.3) is 0 Å². The number of hydrogen-bond acceptors (Lipinski definition) is 3. The SMILES string of the molecule is CN(Cc1ccccn1)c1ccc(N)cc1C(F)(F)F. The summed E-state index contributed by atoms with van der Waals surface area (Å²) in [5, 5.41) is 0. The van der Waals surface area contributed by atoms with Crippen LogP contribution in [-0.2, 0) is 12.7 Å². The largest absolute Gasteiger partial charge is 0.418 e. The summed E-state index contributed by atoms with van der Waals surface area (Å²) < 4.78 is 39.1. The van der Waals surface area contributed by atoms with E-state index >= 15 is 0 Å². The van der Waals surface area contributed by atoms with E-state index in [1.807, 2.05) is 0 Å². The van der Waals surface area contributed by atoms with E-state index in [0.29, 0.717) is 5.69 Å². The molecular formula is C14H14F3N3. The van der Waals surface area contributed by atoms with Crippen molar-refractivity contribution in [1.82, 2.24) is 4.98 Å². The Hall–Kier alpha value is -2.24. The quantitative estimate of drug-likeness (QED) is 0.878. The first-order valence-corrected chi connectivity index (χ1v) is 5.95. The molecule has 0 aliphatic rings. The monoisotopic (exact) mass is 281 g/mol. The molecule has 0 atom stereocenters. The molecule has 0 unspecified atom stereocenters. The molecule has 2 rings (SSSR count). The Morgan fingerprint density at radius 3 is 2.55 bits per heavy atom. The Morgan fingerprint density at radius 1 is 1.20 bits per heavy atom. The summed E-state index contributed by atoms with van der Waals surface area (Å²) in [6.07, 6.45) is -2.83. The lowest BCUT2D eigenvalue weighted by Crippen LogP contribution is -2.21. The van der Waals surface area contributed by atoms with Crippen molar-refractivity contribution in [3.63, 3.8) is 0 Å². The maximum Gasteiger partial charge on any atom is 0.418 e. The van der Waals surface area contributed by atoms with Crippen LogP contribution >= 0.6 is 0 Å². The van der Waals surface area contributed by atoms with Crippen LogP contribution in [0.1, 0.15) is 11.3 Å². The van der Waals surface area contributed by atoms with E-state index in [9.17, 15) is 13.2 Å². The van der Waals surface area contributed by atoms with Gasteiger partial charge in [-0.25, -0.2) is 0 Å². The highest BCUT2D eigenvalue weighted by Crippen LogP contribution is 2.37. The van der Waals surface area contributed by atoms with Crippen molar-refractivity contribution in [3.05, 3.63) is 53.9 Å². The van der Waals surface area contributed by atoms with Gasteiger partial charge < -0.3 is 10.6 Å². The van der Waals surface area contributed by atoms with Crippen LogP contribution in [0.3, 0.4) is 0 Å². The van der Waals surface area contributed by atoms with Crippen molar-refractivity contribution in [2.45, 2.75) is 12.7 Å². The second-order valence-corrected chi connectivity index (χ2v) is 4.45. The lowest BCUT2D eigenvalue weighted by molar-refractivity contribution is -0.137. The normalized spacial score (nSPS) is 11.4. The molecular weight excluding hydrogens is 267 g/mol. The maximum absolute atomic E-state index is 13.0. The number of nitrogens with two attached hydrogens (primary N) is 1. The number of anilines is 2. The van der Waals surface area contributed by atoms with Gasteiger partial charge in [-0.15, -0.1) is 0 Å². The number of alkyl halides is 3. The molecule has 106 valence electrons. The molecule has 1 heterocycles. The van der Waals surface area contributed by atoms with E-state index in [2.05, 4.69) is 4.98 Å². The lowest BCUT2D eigenvalue weighted by Gasteiger charge is -2.23. The summed E-state index contributed by atoms with van der Waals surface area (Å²) in [6.45, 7) is 0.286. The van der Waals surface area contributed by atoms with Gasteiger partial charge in [-0.05, 0) is 30.3 Å². The summed E-state index contributed by atoms with van der Waals surface area (Å²) in [5.74, 6) is 0. The Kier molecular flexibility index (Phi) is 3.83. The van der Waals surface area contributed by atoms with Gasteiger partial charge in [0.1, 0.15) is 0 Å². The molecule has 0 aliphatic carbocycles. The molecule has 0 fully saturated rings. The lowest BCUT2D eigenvalue weighted by atomic mass is 10.1. The van der Waals surface area contributed by atoms with E-state index in [1.54, 1.807) is 31.4 Å². The Labute approximate surface area is 114 Å². The topological polar surface area (TPSA) is 42.2 Å². The van der Waals surface area contributed by atoms with Crippen LogP contribution in [0.4, 0.5) is 24.5 Å². The molecule has 3 nitrogen and oxygen atoms in total. The van der Waals surface area contributed by atoms with Crippen molar-refractivity contribution < 1.29 is 13.2 Å². The van der Waals surface area contributed by atoms with E-state index in [-0.39, 0.29) is 17.9 Å². The van der Waals surface area contributed by atoms with Gasteiger partial charge in [-0.1, -0.05) is 6.07 Å². The minimum absolute atomic E-state index is 0.0809. The first kappa shape index (κ1) is 14.2. The highest BCUT2D eigenvalue weighted by Gasteiger charge is 2.34. The molecule has 20 heavy (non-hydrogen) atoms. The molecule has 6 heteroatoms. The van der Waals surface area contributed by atoms with E-state index in [1.165, 1.54) is 17.0 Å². The third kappa shape index (κ3) is 3.20. The second kappa shape index (κ2) is 5.40. The molecule has 0 bridgehead atoms. The zero-order valence-corrected chi connectivity index (χ0v) is 10.9. The Bertz CT molecular complexity index is 582. The number of hydrogen-bond donors (Lipinski definition) is 1. The van der Waals surface area contributed by atoms with Crippen LogP contribution in [0.15, 0.2) is 42.6 Å². The standard InChI is InChI=1S/C14H14F3N3/c1-20(9-11-4-2-3-7-19-11)13-6-5-10(18)8-12(13)14(15,16)17/h2-8H,9,18H2,1H3. The van der Waals surface area contributed by atoms with Crippen LogP contribution < -0.4 is 10.6 Å². The van der Waals surface area contributed by atoms with Crippen LogP contribution in [0.5, 0.6) is 0 Å². The van der Waals surface area contributed by atoms with Gasteiger partial charge in [0.05, 0.1) is 17.8 Å². The molecule has 1 aromatic heterocycles. The minimum Gasteiger partial charge on any atom is -0.399 e. The van der Waals surface area contributed by atoms with Gasteiger partial charge in [0.15, 0.2) is 0 Å². The number of aromatic nitrogens is 1. The summed E-state index contributed by atoms with van der Waals surface area (Å²) >= 11 is 0. The third-order valence-corrected chi connectivity index (χ3v) is 2.86. The fourth-order valence-electron chi connectivity index (χ4n) is 1.93. The number of nitrogens with zero attached hydrogens (tertiary/aromatic N) is 2. The average molecular weight is 281 g/mol. The molecule has 0 aliphatic heterocycles. The van der Waals surface area contributed by atoms with E-state index < -0.39 is 11.7 Å². The number of nitrogen functional groups attached to an aromatic ring is 1. The van der Waals surface area contributed by atoms with Crippen molar-refractivity contribution in [3.8, 4) is 0 Å². The molecule has 0 radical (unpaired) electrons. The van der Waals surface area contributed by atoms with Gasteiger partial charge in [-0.3, -0.25) is 4.98 Å². The molecule has 2 aromatic rings. The first-order valence-electron chi connectivity index (χ1n) is 5.95. The van der Waals surface area contributed by atoms with Gasteiger partial charge >= 0.3 is 6.18 Å². The number of halogens is 3. The third-order valence-electron chi connectivity index (χ3n) is 2.86. The summed E-state index contributed by atoms with van der Waals surface area (Å²) in [4.78, 5) is 5.61. The predicted octanol–water partition coefficient (Wildman–Crippen LogP) is 3.32. The van der Waals surface area contributed by atoms with Crippen LogP contribution in [-0.4, -0.2) is 12.0 Å². The average Bonchev–Trinajstić information content (AvgIpc) is 2.38. The van der Waals surface area contributed by atoms with E-state index in [0.717, 1.165) is 6.07 Å². The van der Waals surface area contributed by atoms with Crippen molar-refractivity contribution in [2.24, 2.45) is 0 Å². The first-order chi connectivity index (χ1) is 9.38. The van der Waals surface area contributed by atoms with Crippen LogP contribution in [0.2, 0.25) is 0 Å². The van der Waals surface area contributed by atoms with Crippen LogP contribution in [0.25, 0.3) is 0 Å². The fraction of sp³-hybridized carbons (Fsp3) is 0.214. The molecule has 1 aromatic carbocycles. The predicted molar refractivity (Wildman–Crippen MR) is 72.2 cm³/mol. The fourth-order valence-corrected chi connectivity index (χ4v) is 1.93. The molecule has 0 saturated carbocycles. The second-order valence-electron chi connectivity index (χ2n) is 4.45. The molecule has 0 saturated heterocycles. The highest BCUT2D eigenvalue weighted by molar-refractivity contribution is 5.60. The minimum atomic E-state index is -4.44. The van der Waals surface area contributed by atoms with E-state index in [4.69, 9.17) is 5.73 Å². The Morgan fingerprint density at radius 2 is 1.95 bits per heavy atom. The van der Waals surface area contributed by atoms with Crippen molar-refractivity contribution in [1.29, 1.82) is 0 Å². The van der Waals surface area contributed by atoms with Gasteiger partial charge in [-0.2, -0.15) is 13.2 Å². The number of benzene rings is 1. The number of rotatable bonds is 3. The van der Waals surface area contributed by atoms with Crippen molar-refractivity contribution >= 4 is 11.4 Å². The summed E-state index contributed by atoms with van der Waals surface area (Å²) in [6, 6.07) is 9.10. The Balaban J connectivity index is 2.32. The summed E-state index contributed by atoms with van der Waals surface area (Å²) in [5.41, 5.74) is 5.57. The molecule has 0 spiro atoms. The smallest absolute Gasteiger partial charge is 0.399 e. The van der Waals surface area contributed by atoms with Crippen molar-refractivity contribution in [2.75, 3.05) is 17.7 Å². The zero-order chi connectivity index (χ0) is 14.8.